The molecule has 29 heavy (non-hydrogen) atoms. The Hall–Kier alpha value is -2.76. The first-order chi connectivity index (χ1) is 13.6. The quantitative estimate of drug-likeness (QED) is 0.814. The highest BCUT2D eigenvalue weighted by Crippen LogP contribution is 2.38. The highest BCUT2D eigenvalue weighted by molar-refractivity contribution is 5.73. The van der Waals surface area contributed by atoms with Crippen LogP contribution < -0.4 is 10.3 Å². The van der Waals surface area contributed by atoms with Crippen molar-refractivity contribution in [1.29, 1.82) is 0 Å². The van der Waals surface area contributed by atoms with Gasteiger partial charge in [-0.3, -0.25) is 9.69 Å². The zero-order chi connectivity index (χ0) is 21.3. The second-order valence-electron chi connectivity index (χ2n) is 8.89. The van der Waals surface area contributed by atoms with E-state index in [1.165, 1.54) is 0 Å². The van der Waals surface area contributed by atoms with Gasteiger partial charge in [0.05, 0.1) is 19.7 Å². The Kier molecular flexibility index (Phi) is 5.73. The van der Waals surface area contributed by atoms with Crippen molar-refractivity contribution >= 4 is 6.09 Å². The number of cyclic esters (lactones) is 1. The van der Waals surface area contributed by atoms with Gasteiger partial charge >= 0.3 is 6.09 Å². The molecule has 2 heterocycles. The number of aromatic amines is 1. The average Bonchev–Trinajstić information content (AvgIpc) is 3.02. The molecule has 0 spiro atoms. The lowest BCUT2D eigenvalue weighted by molar-refractivity contribution is 0.155. The fourth-order valence-electron chi connectivity index (χ4n) is 3.77. The van der Waals surface area contributed by atoms with Crippen molar-refractivity contribution in [2.24, 2.45) is 5.92 Å². The normalized spacial score (nSPS) is 17.0. The zero-order valence-corrected chi connectivity index (χ0v) is 18.0. The van der Waals surface area contributed by atoms with E-state index in [0.717, 1.165) is 22.4 Å². The number of aromatic nitrogens is 1. The number of hydrogen-bond donors (Lipinski definition) is 1. The van der Waals surface area contributed by atoms with E-state index in [1.54, 1.807) is 24.3 Å². The first-order valence-corrected chi connectivity index (χ1v) is 9.96. The molecule has 1 fully saturated rings. The van der Waals surface area contributed by atoms with E-state index >= 15 is 0 Å². The van der Waals surface area contributed by atoms with Gasteiger partial charge in [0.2, 0.25) is 0 Å². The van der Waals surface area contributed by atoms with Gasteiger partial charge in [0.15, 0.2) is 0 Å². The minimum absolute atomic E-state index is 0.00213. The molecule has 1 N–H and O–H groups in total. The zero-order valence-electron chi connectivity index (χ0n) is 18.0. The first kappa shape index (κ1) is 21.0. The molecule has 1 amide bonds. The van der Waals surface area contributed by atoms with E-state index in [4.69, 9.17) is 9.47 Å². The molecule has 6 heteroatoms. The fourth-order valence-corrected chi connectivity index (χ4v) is 3.77. The number of hydrogen-bond acceptors (Lipinski definition) is 4. The van der Waals surface area contributed by atoms with Gasteiger partial charge in [-0.2, -0.15) is 0 Å². The maximum Gasteiger partial charge on any atom is 0.410 e. The Labute approximate surface area is 171 Å². The predicted octanol–water partition coefficient (Wildman–Crippen LogP) is 4.32. The topological polar surface area (TPSA) is 71.6 Å². The summed E-state index contributed by atoms with van der Waals surface area (Å²) in [6, 6.07) is 7.58. The van der Waals surface area contributed by atoms with Crippen molar-refractivity contribution < 1.29 is 14.3 Å². The number of ether oxygens (including phenoxy) is 2. The Morgan fingerprint density at radius 3 is 2.55 bits per heavy atom. The van der Waals surface area contributed by atoms with Gasteiger partial charge in [-0.15, -0.1) is 0 Å². The van der Waals surface area contributed by atoms with Crippen molar-refractivity contribution in [3.05, 3.63) is 51.9 Å². The lowest BCUT2D eigenvalue weighted by atomic mass is 9.83. The van der Waals surface area contributed by atoms with Crippen LogP contribution in [0.2, 0.25) is 0 Å². The summed E-state index contributed by atoms with van der Waals surface area (Å²) in [5, 5.41) is 0. The smallest absolute Gasteiger partial charge is 0.410 e. The summed E-state index contributed by atoms with van der Waals surface area (Å²) >= 11 is 0. The molecule has 1 unspecified atom stereocenters. The molecule has 0 aliphatic carbocycles. The van der Waals surface area contributed by atoms with E-state index in [9.17, 15) is 9.59 Å². The molecule has 1 aromatic carbocycles. The number of pyridine rings is 1. The van der Waals surface area contributed by atoms with Crippen LogP contribution in [-0.4, -0.2) is 35.7 Å². The van der Waals surface area contributed by atoms with Crippen LogP contribution in [0.25, 0.3) is 11.1 Å². The molecule has 6 nitrogen and oxygen atoms in total. The minimum atomic E-state index is -0.324. The molecule has 1 saturated heterocycles. The maximum absolute atomic E-state index is 12.6. The molecule has 156 valence electrons. The van der Waals surface area contributed by atoms with Crippen molar-refractivity contribution in [1.82, 2.24) is 9.88 Å². The summed E-state index contributed by atoms with van der Waals surface area (Å²) in [6.07, 6.45) is 1.29. The van der Waals surface area contributed by atoms with Crippen LogP contribution >= 0.6 is 0 Å². The molecule has 0 bridgehead atoms. The van der Waals surface area contributed by atoms with Crippen LogP contribution in [-0.2, 0) is 16.7 Å². The van der Waals surface area contributed by atoms with Crippen LogP contribution in [0.3, 0.4) is 0 Å². The van der Waals surface area contributed by atoms with Gasteiger partial charge in [-0.1, -0.05) is 34.6 Å². The number of benzene rings is 1. The van der Waals surface area contributed by atoms with Crippen molar-refractivity contribution in [2.75, 3.05) is 13.7 Å². The number of nitrogens with zero attached hydrogens (tertiary/aromatic N) is 1. The second-order valence-corrected chi connectivity index (χ2v) is 8.89. The van der Waals surface area contributed by atoms with E-state index in [0.29, 0.717) is 18.7 Å². The van der Waals surface area contributed by atoms with Crippen molar-refractivity contribution in [3.8, 4) is 16.9 Å². The maximum atomic E-state index is 12.6. The van der Waals surface area contributed by atoms with Gasteiger partial charge in [0, 0.05) is 17.3 Å². The number of rotatable bonds is 5. The number of carbonyl (C=O) groups excluding carboxylic acids is 1. The van der Waals surface area contributed by atoms with Crippen LogP contribution in [0.5, 0.6) is 5.75 Å². The molecule has 3 rings (SSSR count). The molecule has 2 aromatic rings. The fraction of sp³-hybridized carbons (Fsp3) is 0.478. The Balaban J connectivity index is 2.18. The van der Waals surface area contributed by atoms with Gasteiger partial charge in [0.25, 0.3) is 5.56 Å². The molecule has 1 aliphatic heterocycles. The molecule has 1 aliphatic rings. The summed E-state index contributed by atoms with van der Waals surface area (Å²) < 4.78 is 11.0. The van der Waals surface area contributed by atoms with E-state index in [-0.39, 0.29) is 29.0 Å². The lowest BCUT2D eigenvalue weighted by Gasteiger charge is -2.28. The summed E-state index contributed by atoms with van der Waals surface area (Å²) in [6.45, 7) is 11.2. The van der Waals surface area contributed by atoms with Crippen LogP contribution in [0.4, 0.5) is 4.79 Å². The molecule has 0 radical (unpaired) electrons. The Bertz CT molecular complexity index is 956. The molecular weight excluding hydrogens is 368 g/mol. The Morgan fingerprint density at radius 1 is 1.24 bits per heavy atom. The second kappa shape index (κ2) is 7.93. The van der Waals surface area contributed by atoms with E-state index in [1.807, 2.05) is 18.2 Å². The third-order valence-electron chi connectivity index (χ3n) is 5.46. The van der Waals surface area contributed by atoms with Gasteiger partial charge in [-0.25, -0.2) is 4.79 Å². The van der Waals surface area contributed by atoms with Crippen molar-refractivity contribution in [3.63, 3.8) is 0 Å². The van der Waals surface area contributed by atoms with Gasteiger partial charge in [0.1, 0.15) is 12.4 Å². The molecule has 1 atom stereocenters. The van der Waals surface area contributed by atoms with Gasteiger partial charge in [-0.05, 0) is 46.7 Å². The summed E-state index contributed by atoms with van der Waals surface area (Å²) in [5.41, 5.74) is 2.91. The summed E-state index contributed by atoms with van der Waals surface area (Å²) in [5.74, 6) is 1.01. The molecule has 1 aromatic heterocycles. The third-order valence-corrected chi connectivity index (χ3v) is 5.46. The van der Waals surface area contributed by atoms with Crippen LogP contribution in [0, 0.1) is 5.92 Å². The van der Waals surface area contributed by atoms with Crippen molar-refractivity contribution in [2.45, 2.75) is 52.6 Å². The van der Waals surface area contributed by atoms with E-state index < -0.39 is 0 Å². The SMILES string of the molecule is COc1cc(CN2C(=O)OCC2C(C)C)c(-c2ccc[nH]c2=O)cc1C(C)(C)C. The number of nitrogens with one attached hydrogen (secondary N) is 1. The monoisotopic (exact) mass is 398 g/mol. The van der Waals surface area contributed by atoms with E-state index in [2.05, 4.69) is 39.6 Å². The highest BCUT2D eigenvalue weighted by atomic mass is 16.6. The summed E-state index contributed by atoms with van der Waals surface area (Å²) in [7, 11) is 1.64. The third kappa shape index (κ3) is 4.16. The highest BCUT2D eigenvalue weighted by Gasteiger charge is 2.35. The van der Waals surface area contributed by atoms with Crippen LogP contribution in [0.15, 0.2) is 35.3 Å². The lowest BCUT2D eigenvalue weighted by Crippen LogP contribution is -2.36. The Morgan fingerprint density at radius 2 is 1.97 bits per heavy atom. The van der Waals surface area contributed by atoms with Gasteiger partial charge < -0.3 is 14.5 Å². The number of carbonyl (C=O) groups is 1. The number of methoxy groups -OCH3 is 1. The summed E-state index contributed by atoms with van der Waals surface area (Å²) in [4.78, 5) is 29.5. The van der Waals surface area contributed by atoms with Crippen LogP contribution in [0.1, 0.15) is 45.7 Å². The molecular formula is C23H30N2O4. The predicted molar refractivity (Wildman–Crippen MR) is 113 cm³/mol. The first-order valence-electron chi connectivity index (χ1n) is 9.96. The number of amides is 1. The minimum Gasteiger partial charge on any atom is -0.496 e. The number of H-pyrrole nitrogens is 1. The largest absolute Gasteiger partial charge is 0.496 e. The average molecular weight is 399 g/mol. The molecule has 0 saturated carbocycles. The standard InChI is InChI=1S/C23H30N2O4/c1-14(2)19-13-29-22(27)25(19)12-15-10-20(28-6)18(23(3,4)5)11-17(15)16-8-7-9-24-21(16)26/h7-11,14,19H,12-13H2,1-6H3,(H,24,26).